The molecule has 0 saturated heterocycles. The van der Waals surface area contributed by atoms with Crippen molar-refractivity contribution in [2.75, 3.05) is 27.2 Å². The van der Waals surface area contributed by atoms with Gasteiger partial charge in [-0.15, -0.1) is 10.2 Å². The van der Waals surface area contributed by atoms with Gasteiger partial charge in [0.1, 0.15) is 0 Å². The molecule has 0 aliphatic rings. The summed E-state index contributed by atoms with van der Waals surface area (Å²) in [6, 6.07) is 9.17. The molecule has 1 amide bonds. The van der Waals surface area contributed by atoms with E-state index < -0.39 is 6.04 Å². The van der Waals surface area contributed by atoms with Crippen LogP contribution in [0.4, 0.5) is 0 Å². The molecule has 0 fully saturated rings. The fraction of sp³-hybridized carbons (Fsp3) is 0.500. The molecule has 1 aromatic heterocycles. The molecule has 7 heteroatoms. The van der Waals surface area contributed by atoms with Crippen LogP contribution in [0.2, 0.25) is 0 Å². The molecule has 23 heavy (non-hydrogen) atoms. The molecular weight excluding hydrogens is 292 g/mol. The largest absolute Gasteiger partial charge is 0.343 e. The summed E-state index contributed by atoms with van der Waals surface area (Å²) in [5.74, 6) is 0.589. The van der Waals surface area contributed by atoms with E-state index in [1.165, 1.54) is 4.80 Å². The standard InChI is InChI=1S/C16H24N6O/c1-12(2)14(16(23)21(4)11-10-17-3)22-19-15(18-20-22)13-8-6-5-7-9-13/h5-9,12,14,17H,10-11H2,1-4H3. The minimum Gasteiger partial charge on any atom is -0.343 e. The first-order chi connectivity index (χ1) is 11.0. The van der Waals surface area contributed by atoms with Crippen LogP contribution >= 0.6 is 0 Å². The predicted octanol–water partition coefficient (Wildman–Crippen LogP) is 1.21. The summed E-state index contributed by atoms with van der Waals surface area (Å²) in [6.07, 6.45) is 0. The molecule has 1 N–H and O–H groups in total. The maximum atomic E-state index is 12.7. The maximum absolute atomic E-state index is 12.7. The van der Waals surface area contributed by atoms with Crippen molar-refractivity contribution in [3.05, 3.63) is 30.3 Å². The second-order valence-corrected chi connectivity index (χ2v) is 5.85. The molecule has 1 aromatic carbocycles. The minimum atomic E-state index is -0.457. The Morgan fingerprint density at radius 2 is 2.00 bits per heavy atom. The van der Waals surface area contributed by atoms with Crippen LogP contribution in [0.15, 0.2) is 30.3 Å². The molecule has 0 aliphatic heterocycles. The smallest absolute Gasteiger partial charge is 0.249 e. The minimum absolute atomic E-state index is 0.00717. The van der Waals surface area contributed by atoms with Crippen molar-refractivity contribution < 1.29 is 4.79 Å². The number of aromatic nitrogens is 4. The number of rotatable bonds is 7. The third-order valence-electron chi connectivity index (χ3n) is 3.67. The summed E-state index contributed by atoms with van der Waals surface area (Å²) in [7, 11) is 3.66. The highest BCUT2D eigenvalue weighted by molar-refractivity contribution is 5.80. The van der Waals surface area contributed by atoms with Crippen molar-refractivity contribution in [3.8, 4) is 11.4 Å². The van der Waals surface area contributed by atoms with Crippen molar-refractivity contribution in [1.82, 2.24) is 30.4 Å². The SMILES string of the molecule is CNCCN(C)C(=O)C(C(C)C)n1nnc(-c2ccccc2)n1. The molecule has 7 nitrogen and oxygen atoms in total. The van der Waals surface area contributed by atoms with Gasteiger partial charge in [-0.2, -0.15) is 4.80 Å². The van der Waals surface area contributed by atoms with Crippen LogP contribution in [0.1, 0.15) is 19.9 Å². The zero-order valence-corrected chi connectivity index (χ0v) is 14.1. The molecule has 1 atom stereocenters. The molecule has 1 heterocycles. The van der Waals surface area contributed by atoms with E-state index in [0.29, 0.717) is 12.4 Å². The monoisotopic (exact) mass is 316 g/mol. The topological polar surface area (TPSA) is 75.9 Å². The Hall–Kier alpha value is -2.28. The molecule has 0 bridgehead atoms. The van der Waals surface area contributed by atoms with Gasteiger partial charge in [-0.05, 0) is 18.2 Å². The highest BCUT2D eigenvalue weighted by atomic mass is 16.2. The van der Waals surface area contributed by atoms with Gasteiger partial charge in [0.25, 0.3) is 0 Å². The Kier molecular flexibility index (Phi) is 5.81. The molecule has 1 unspecified atom stereocenters. The Morgan fingerprint density at radius 1 is 1.30 bits per heavy atom. The van der Waals surface area contributed by atoms with Crippen LogP contribution < -0.4 is 5.32 Å². The predicted molar refractivity (Wildman–Crippen MR) is 88.7 cm³/mol. The second kappa shape index (κ2) is 7.82. The van der Waals surface area contributed by atoms with E-state index >= 15 is 0 Å². The molecule has 124 valence electrons. The number of carbonyl (C=O) groups excluding carboxylic acids is 1. The number of hydrogen-bond acceptors (Lipinski definition) is 5. The molecule has 0 radical (unpaired) electrons. The van der Waals surface area contributed by atoms with Gasteiger partial charge in [0.15, 0.2) is 6.04 Å². The number of nitrogens with zero attached hydrogens (tertiary/aromatic N) is 5. The normalized spacial score (nSPS) is 12.4. The lowest BCUT2D eigenvalue weighted by atomic mass is 10.0. The van der Waals surface area contributed by atoms with Crippen LogP contribution in [-0.2, 0) is 4.79 Å². The van der Waals surface area contributed by atoms with Gasteiger partial charge in [-0.3, -0.25) is 4.79 Å². The van der Waals surface area contributed by atoms with E-state index in [2.05, 4.69) is 20.7 Å². The maximum Gasteiger partial charge on any atom is 0.249 e. The number of likely N-dealkylation sites (N-methyl/N-ethyl adjacent to an activating group) is 2. The van der Waals surface area contributed by atoms with Crippen LogP contribution in [0.3, 0.4) is 0 Å². The summed E-state index contributed by atoms with van der Waals surface area (Å²) in [5, 5.41) is 15.7. The summed E-state index contributed by atoms with van der Waals surface area (Å²) in [4.78, 5) is 15.8. The molecule has 2 aromatic rings. The highest BCUT2D eigenvalue weighted by Crippen LogP contribution is 2.20. The van der Waals surface area contributed by atoms with Gasteiger partial charge in [-0.1, -0.05) is 44.2 Å². The number of carbonyl (C=O) groups is 1. The van der Waals surface area contributed by atoms with Gasteiger partial charge < -0.3 is 10.2 Å². The van der Waals surface area contributed by atoms with Crippen LogP contribution in [-0.4, -0.2) is 58.2 Å². The molecule has 0 aliphatic carbocycles. The van der Waals surface area contributed by atoms with Crippen molar-refractivity contribution in [1.29, 1.82) is 0 Å². The van der Waals surface area contributed by atoms with Crippen molar-refractivity contribution in [3.63, 3.8) is 0 Å². The number of amides is 1. The number of hydrogen-bond donors (Lipinski definition) is 1. The quantitative estimate of drug-likeness (QED) is 0.831. The average Bonchev–Trinajstić information content (AvgIpc) is 3.02. The van der Waals surface area contributed by atoms with E-state index in [9.17, 15) is 4.79 Å². The summed E-state index contributed by atoms with van der Waals surface area (Å²) >= 11 is 0. The zero-order valence-electron chi connectivity index (χ0n) is 14.1. The van der Waals surface area contributed by atoms with Gasteiger partial charge in [0.2, 0.25) is 11.7 Å². The Balaban J connectivity index is 2.22. The number of tetrazole rings is 1. The van der Waals surface area contributed by atoms with Gasteiger partial charge in [-0.25, -0.2) is 0 Å². The highest BCUT2D eigenvalue weighted by Gasteiger charge is 2.29. The van der Waals surface area contributed by atoms with E-state index in [1.54, 1.807) is 11.9 Å². The van der Waals surface area contributed by atoms with Crippen LogP contribution in [0.25, 0.3) is 11.4 Å². The van der Waals surface area contributed by atoms with E-state index in [0.717, 1.165) is 12.1 Å². The Morgan fingerprint density at radius 3 is 2.61 bits per heavy atom. The fourth-order valence-electron chi connectivity index (χ4n) is 2.31. The Bertz CT molecular complexity index is 625. The number of benzene rings is 1. The lowest BCUT2D eigenvalue weighted by molar-refractivity contribution is -0.135. The molecule has 0 spiro atoms. The fourth-order valence-corrected chi connectivity index (χ4v) is 2.31. The van der Waals surface area contributed by atoms with E-state index in [1.807, 2.05) is 51.2 Å². The first-order valence-corrected chi connectivity index (χ1v) is 7.79. The third kappa shape index (κ3) is 4.13. The first kappa shape index (κ1) is 17.1. The van der Waals surface area contributed by atoms with Crippen molar-refractivity contribution in [2.24, 2.45) is 5.92 Å². The zero-order chi connectivity index (χ0) is 16.8. The summed E-state index contributed by atoms with van der Waals surface area (Å²) in [5.41, 5.74) is 0.886. The van der Waals surface area contributed by atoms with E-state index in [-0.39, 0.29) is 11.8 Å². The average molecular weight is 316 g/mol. The van der Waals surface area contributed by atoms with Crippen LogP contribution in [0, 0.1) is 5.92 Å². The number of nitrogens with one attached hydrogen (secondary N) is 1. The third-order valence-corrected chi connectivity index (χ3v) is 3.67. The van der Waals surface area contributed by atoms with Crippen LogP contribution in [0.5, 0.6) is 0 Å². The Labute approximate surface area is 136 Å². The lowest BCUT2D eigenvalue weighted by Gasteiger charge is -2.25. The first-order valence-electron chi connectivity index (χ1n) is 7.79. The molecular formula is C16H24N6O. The second-order valence-electron chi connectivity index (χ2n) is 5.85. The summed E-state index contributed by atoms with van der Waals surface area (Å²) in [6.45, 7) is 5.35. The van der Waals surface area contributed by atoms with E-state index in [4.69, 9.17) is 0 Å². The van der Waals surface area contributed by atoms with Crippen molar-refractivity contribution >= 4 is 5.91 Å². The lowest BCUT2D eigenvalue weighted by Crippen LogP contribution is -2.40. The molecule has 0 saturated carbocycles. The molecule has 2 rings (SSSR count). The van der Waals surface area contributed by atoms with Gasteiger partial charge in [0, 0.05) is 25.7 Å². The van der Waals surface area contributed by atoms with Gasteiger partial charge >= 0.3 is 0 Å². The summed E-state index contributed by atoms with van der Waals surface area (Å²) < 4.78 is 0. The van der Waals surface area contributed by atoms with Crippen molar-refractivity contribution in [2.45, 2.75) is 19.9 Å². The van der Waals surface area contributed by atoms with Gasteiger partial charge in [0.05, 0.1) is 0 Å².